The molecule has 1 aliphatic rings. The molecule has 2 heterocycles. The lowest BCUT2D eigenvalue weighted by atomic mass is 9.96. The van der Waals surface area contributed by atoms with Crippen molar-refractivity contribution in [1.29, 1.82) is 0 Å². The topological polar surface area (TPSA) is 198 Å². The molecule has 1 aliphatic heterocycles. The van der Waals surface area contributed by atoms with E-state index in [0.717, 1.165) is 5.56 Å². The second-order valence-electron chi connectivity index (χ2n) is 13.0. The van der Waals surface area contributed by atoms with Crippen LogP contribution in [0.25, 0.3) is 0 Å². The Balaban J connectivity index is 0.00000867. The van der Waals surface area contributed by atoms with Gasteiger partial charge in [-0.1, -0.05) is 76.7 Å². The number of aromatic nitrogens is 1. The van der Waals surface area contributed by atoms with Gasteiger partial charge in [-0.25, -0.2) is 4.79 Å². The summed E-state index contributed by atoms with van der Waals surface area (Å²) in [5.74, 6) is -3.35. The van der Waals surface area contributed by atoms with Crippen molar-refractivity contribution >= 4 is 35.5 Å². The molecule has 5 atom stereocenters. The van der Waals surface area contributed by atoms with Crippen LogP contribution in [0.1, 0.15) is 83.1 Å². The molecule has 0 radical (unpaired) electrons. The second kappa shape index (κ2) is 19.9. The van der Waals surface area contributed by atoms with E-state index in [4.69, 9.17) is 9.26 Å². The van der Waals surface area contributed by atoms with Crippen molar-refractivity contribution in [2.75, 3.05) is 6.54 Å². The largest absolute Gasteiger partial charge is 0.458 e. The molecule has 0 spiro atoms. The van der Waals surface area contributed by atoms with Crippen LogP contribution in [0.2, 0.25) is 0 Å². The van der Waals surface area contributed by atoms with Gasteiger partial charge < -0.3 is 35.8 Å². The van der Waals surface area contributed by atoms with E-state index < -0.39 is 53.8 Å². The highest BCUT2D eigenvalue weighted by Crippen LogP contribution is 2.18. The number of ether oxygens (including phenoxy) is 1. The summed E-state index contributed by atoms with van der Waals surface area (Å²) in [7, 11) is 0. The minimum absolute atomic E-state index is 0. The van der Waals surface area contributed by atoms with E-state index >= 15 is 0 Å². The van der Waals surface area contributed by atoms with Crippen molar-refractivity contribution in [3.63, 3.8) is 0 Å². The molecule has 2 aromatic rings. The Morgan fingerprint density at radius 1 is 0.980 bits per heavy atom. The van der Waals surface area contributed by atoms with Gasteiger partial charge in [-0.3, -0.25) is 24.0 Å². The number of hydrogen-bond donors (Lipinski definition) is 5. The highest BCUT2D eigenvalue weighted by molar-refractivity contribution is 5.97. The Bertz CT molecular complexity index is 1490. The molecule has 5 amide bonds. The third kappa shape index (κ3) is 13.1. The number of rotatable bonds is 17. The summed E-state index contributed by atoms with van der Waals surface area (Å²) in [4.78, 5) is 77.6. The van der Waals surface area contributed by atoms with Gasteiger partial charge in [0.1, 0.15) is 30.5 Å². The quantitative estimate of drug-likeness (QED) is 0.122. The highest BCUT2D eigenvalue weighted by atomic mass is 16.5. The van der Waals surface area contributed by atoms with Crippen molar-refractivity contribution in [3.05, 3.63) is 65.6 Å². The van der Waals surface area contributed by atoms with Crippen molar-refractivity contribution in [3.8, 4) is 0 Å². The van der Waals surface area contributed by atoms with E-state index in [2.05, 4.69) is 31.7 Å². The molecule has 1 aromatic carbocycles. The van der Waals surface area contributed by atoms with Gasteiger partial charge in [-0.05, 0) is 50.5 Å². The van der Waals surface area contributed by atoms with E-state index in [1.165, 1.54) is 25.1 Å². The van der Waals surface area contributed by atoms with Gasteiger partial charge >= 0.3 is 5.97 Å². The molecular formula is C36H52N6O8. The number of nitrogens with zero attached hydrogens (tertiary/aromatic N) is 1. The van der Waals surface area contributed by atoms with E-state index in [9.17, 15) is 28.8 Å². The second-order valence-corrected chi connectivity index (χ2v) is 13.0. The number of carbonyl (C=O) groups excluding carboxylic acids is 6. The summed E-state index contributed by atoms with van der Waals surface area (Å²) < 4.78 is 10.2. The molecule has 1 fully saturated rings. The first-order valence-electron chi connectivity index (χ1n) is 16.5. The fourth-order valence-electron chi connectivity index (χ4n) is 5.20. The average Bonchev–Trinajstić information content (AvgIpc) is 3.68. The number of aryl methyl sites for hydroxylation is 1. The van der Waals surface area contributed by atoms with Gasteiger partial charge in [0.05, 0.1) is 0 Å². The Kier molecular flexibility index (Phi) is 16.3. The number of amides is 5. The van der Waals surface area contributed by atoms with Crippen LogP contribution in [0.5, 0.6) is 0 Å². The Hall–Kier alpha value is -5.01. The van der Waals surface area contributed by atoms with Crippen molar-refractivity contribution in [1.82, 2.24) is 31.7 Å². The summed E-state index contributed by atoms with van der Waals surface area (Å²) in [5.41, 5.74) is 0.837. The molecule has 1 saturated heterocycles. The van der Waals surface area contributed by atoms with Crippen LogP contribution in [-0.4, -0.2) is 71.4 Å². The summed E-state index contributed by atoms with van der Waals surface area (Å²) in [6.07, 6.45) is 3.82. The molecule has 50 heavy (non-hydrogen) atoms. The first kappa shape index (κ1) is 41.2. The standard InChI is InChI=1S/C35H48N6O8.CH4/c1-20(2)16-27(39-35(47)30(21(3)4)40-31(43)23(6)37-34(46)28-17-22(5)49-41-28)33(45)38-26(18-25-14-15-36-32(25)44)12-13-29(42)48-19-24-10-8-7-9-11-24;/h7-13,17,20-21,23,25-27,30H,14-16,18-19H2,1-6H3,(H,36,44)(H,37,46)(H,38,45)(H,39,47)(H,40,43);1H4/b13-12+;/t23-,25-,26+,27-,30-;/m0./s1. The van der Waals surface area contributed by atoms with Gasteiger partial charge in [0.15, 0.2) is 5.69 Å². The lowest BCUT2D eigenvalue weighted by Gasteiger charge is -2.28. The van der Waals surface area contributed by atoms with Gasteiger partial charge in [0.2, 0.25) is 23.6 Å². The normalized spacial score (nSPS) is 16.5. The summed E-state index contributed by atoms with van der Waals surface area (Å²) in [5, 5.41) is 17.3. The minimum atomic E-state index is -1.03. The van der Waals surface area contributed by atoms with E-state index in [1.54, 1.807) is 20.8 Å². The van der Waals surface area contributed by atoms with Gasteiger partial charge in [-0.2, -0.15) is 0 Å². The zero-order chi connectivity index (χ0) is 36.1. The van der Waals surface area contributed by atoms with E-state index in [0.29, 0.717) is 18.7 Å². The van der Waals surface area contributed by atoms with Crippen LogP contribution in [0.15, 0.2) is 53.1 Å². The predicted molar refractivity (Wildman–Crippen MR) is 186 cm³/mol. The lowest BCUT2D eigenvalue weighted by molar-refractivity contribution is -0.139. The molecule has 14 heteroatoms. The van der Waals surface area contributed by atoms with Gasteiger partial charge in [0.25, 0.3) is 5.91 Å². The highest BCUT2D eigenvalue weighted by Gasteiger charge is 2.33. The molecular weight excluding hydrogens is 644 g/mol. The van der Waals surface area contributed by atoms with Gasteiger partial charge in [0, 0.05) is 30.6 Å². The molecule has 0 saturated carbocycles. The predicted octanol–water partition coefficient (Wildman–Crippen LogP) is 2.72. The SMILES string of the molecule is C.Cc1cc(C(=O)N[C@@H](C)C(=O)N[C@H](C(=O)N[C@@H](CC(C)C)C(=O)N[C@H](/C=C/C(=O)OCc2ccccc2)C[C@@H]2CCNC2=O)C(C)C)no1. The summed E-state index contributed by atoms with van der Waals surface area (Å²) in [6.45, 7) is 11.0. The maximum Gasteiger partial charge on any atom is 0.330 e. The molecule has 0 bridgehead atoms. The van der Waals surface area contributed by atoms with Crippen molar-refractivity contribution in [2.45, 2.75) is 99.0 Å². The van der Waals surface area contributed by atoms with Crippen molar-refractivity contribution < 1.29 is 38.0 Å². The van der Waals surface area contributed by atoms with Crippen molar-refractivity contribution in [2.24, 2.45) is 17.8 Å². The molecule has 3 rings (SSSR count). The Labute approximate surface area is 293 Å². The Morgan fingerprint density at radius 3 is 2.26 bits per heavy atom. The maximum atomic E-state index is 13.7. The van der Waals surface area contributed by atoms with E-state index in [-0.39, 0.29) is 56.2 Å². The minimum Gasteiger partial charge on any atom is -0.458 e. The van der Waals surface area contributed by atoms with Crippen LogP contribution in [0.4, 0.5) is 0 Å². The van der Waals surface area contributed by atoms with Crippen LogP contribution in [0, 0.1) is 24.7 Å². The maximum absolute atomic E-state index is 13.7. The number of carbonyl (C=O) groups is 6. The average molecular weight is 697 g/mol. The molecule has 1 aromatic heterocycles. The molecule has 5 N–H and O–H groups in total. The number of benzene rings is 1. The number of hydrogen-bond acceptors (Lipinski definition) is 9. The van der Waals surface area contributed by atoms with E-state index in [1.807, 2.05) is 44.2 Å². The fourth-order valence-corrected chi connectivity index (χ4v) is 5.20. The van der Waals surface area contributed by atoms with Crippen LogP contribution in [0.3, 0.4) is 0 Å². The molecule has 0 unspecified atom stereocenters. The molecule has 274 valence electrons. The first-order valence-corrected chi connectivity index (χ1v) is 16.5. The zero-order valence-electron chi connectivity index (χ0n) is 28.9. The Morgan fingerprint density at radius 2 is 1.68 bits per heavy atom. The first-order chi connectivity index (χ1) is 23.2. The van der Waals surface area contributed by atoms with Crippen LogP contribution >= 0.6 is 0 Å². The van der Waals surface area contributed by atoms with Crippen LogP contribution in [-0.2, 0) is 35.3 Å². The third-order valence-corrected chi connectivity index (χ3v) is 7.91. The summed E-state index contributed by atoms with van der Waals surface area (Å²) in [6, 6.07) is 6.89. The summed E-state index contributed by atoms with van der Waals surface area (Å²) >= 11 is 0. The van der Waals surface area contributed by atoms with Gasteiger partial charge in [-0.15, -0.1) is 0 Å². The number of nitrogens with one attached hydrogen (secondary N) is 5. The monoisotopic (exact) mass is 696 g/mol. The third-order valence-electron chi connectivity index (χ3n) is 7.91. The lowest BCUT2D eigenvalue weighted by Crippen LogP contribution is -2.58. The fraction of sp³-hybridized carbons (Fsp3) is 0.528. The molecule has 0 aliphatic carbocycles. The number of esters is 1. The smallest absolute Gasteiger partial charge is 0.330 e. The van der Waals surface area contributed by atoms with Crippen LogP contribution < -0.4 is 26.6 Å². The molecule has 14 nitrogen and oxygen atoms in total. The zero-order valence-corrected chi connectivity index (χ0v) is 28.9.